The highest BCUT2D eigenvalue weighted by molar-refractivity contribution is 7.85. The smallest absolute Gasteiger partial charge is 0.0946 e. The van der Waals surface area contributed by atoms with Crippen molar-refractivity contribution >= 4 is 10.8 Å². The van der Waals surface area contributed by atoms with Crippen LogP contribution in [-0.4, -0.2) is 4.21 Å². The Bertz CT molecular complexity index is 474. The highest BCUT2D eigenvalue weighted by Gasteiger charge is 2.24. The van der Waals surface area contributed by atoms with Gasteiger partial charge in [-0.2, -0.15) is 0 Å². The molecule has 0 aliphatic rings. The average Bonchev–Trinajstić information content (AvgIpc) is 2.83. The lowest BCUT2D eigenvalue weighted by atomic mass is 10.1. The van der Waals surface area contributed by atoms with Gasteiger partial charge in [0.2, 0.25) is 0 Å². The molecule has 0 radical (unpaired) electrons. The molecule has 17 heavy (non-hydrogen) atoms. The van der Waals surface area contributed by atoms with E-state index in [1.165, 1.54) is 0 Å². The maximum absolute atomic E-state index is 12.6. The summed E-state index contributed by atoms with van der Waals surface area (Å²) in [6, 6.07) is 11.5. The third-order valence-electron chi connectivity index (χ3n) is 2.68. The first-order chi connectivity index (χ1) is 8.20. The minimum atomic E-state index is -1.04. The van der Waals surface area contributed by atoms with Gasteiger partial charge in [-0.25, -0.2) is 0 Å². The number of hydrogen-bond donors (Lipinski definition) is 0. The molecule has 1 aromatic heterocycles. The molecule has 1 heterocycles. The zero-order valence-electron chi connectivity index (χ0n) is 10.00. The molecule has 0 saturated carbocycles. The first-order valence-electron chi connectivity index (χ1n) is 5.68. The van der Waals surface area contributed by atoms with Crippen molar-refractivity contribution in [2.75, 3.05) is 0 Å². The van der Waals surface area contributed by atoms with Crippen LogP contribution in [-0.2, 0) is 10.8 Å². The lowest BCUT2D eigenvalue weighted by molar-refractivity contribution is 0.551. The first-order valence-corrected chi connectivity index (χ1v) is 6.89. The lowest BCUT2D eigenvalue weighted by Gasteiger charge is -2.18. The van der Waals surface area contributed by atoms with Crippen LogP contribution in [0.5, 0.6) is 0 Å². The Hall–Kier alpha value is -1.35. The minimum Gasteiger partial charge on any atom is -0.472 e. The molecule has 0 aliphatic carbocycles. The van der Waals surface area contributed by atoms with E-state index >= 15 is 0 Å². The standard InChI is InChI=1S/C14H16O2S/c1-11(2)14(12-8-9-16-10-12)17(15)13-6-4-3-5-7-13/h3-11,14H,1-2H3/t14-,17-/m0/s1. The Labute approximate surface area is 104 Å². The van der Waals surface area contributed by atoms with Gasteiger partial charge >= 0.3 is 0 Å². The molecule has 0 amide bonds. The zero-order chi connectivity index (χ0) is 12.3. The average molecular weight is 248 g/mol. The van der Waals surface area contributed by atoms with E-state index in [1.807, 2.05) is 36.4 Å². The molecule has 1 aromatic carbocycles. The predicted molar refractivity (Wildman–Crippen MR) is 69.1 cm³/mol. The second-order valence-corrected chi connectivity index (χ2v) is 5.91. The van der Waals surface area contributed by atoms with E-state index in [9.17, 15) is 4.21 Å². The molecule has 0 fully saturated rings. The van der Waals surface area contributed by atoms with Crippen molar-refractivity contribution in [2.24, 2.45) is 5.92 Å². The van der Waals surface area contributed by atoms with Gasteiger partial charge in [-0.1, -0.05) is 32.0 Å². The summed E-state index contributed by atoms with van der Waals surface area (Å²) in [5.41, 5.74) is 1.00. The van der Waals surface area contributed by atoms with E-state index in [-0.39, 0.29) is 5.25 Å². The van der Waals surface area contributed by atoms with E-state index in [1.54, 1.807) is 12.5 Å². The van der Waals surface area contributed by atoms with Gasteiger partial charge in [-0.3, -0.25) is 4.21 Å². The summed E-state index contributed by atoms with van der Waals surface area (Å²) in [5, 5.41) is -0.0175. The summed E-state index contributed by atoms with van der Waals surface area (Å²) in [5.74, 6) is 0.300. The Morgan fingerprint density at radius 2 is 1.82 bits per heavy atom. The fourth-order valence-electron chi connectivity index (χ4n) is 1.89. The number of furan rings is 1. The monoisotopic (exact) mass is 248 g/mol. The molecular formula is C14H16O2S. The third-order valence-corrected chi connectivity index (χ3v) is 4.70. The summed E-state index contributed by atoms with van der Waals surface area (Å²) in [6.07, 6.45) is 3.32. The maximum atomic E-state index is 12.6. The number of rotatable bonds is 4. The Kier molecular flexibility index (Phi) is 3.79. The second-order valence-electron chi connectivity index (χ2n) is 4.33. The molecule has 2 aromatic rings. The molecule has 2 atom stereocenters. The van der Waals surface area contributed by atoms with Crippen LogP contribution < -0.4 is 0 Å². The summed E-state index contributed by atoms with van der Waals surface area (Å²) in [6.45, 7) is 4.16. The van der Waals surface area contributed by atoms with Crippen LogP contribution in [0.4, 0.5) is 0 Å². The molecule has 3 heteroatoms. The zero-order valence-corrected chi connectivity index (χ0v) is 10.8. The van der Waals surface area contributed by atoms with E-state index in [2.05, 4.69) is 13.8 Å². The van der Waals surface area contributed by atoms with Gasteiger partial charge in [-0.05, 0) is 24.1 Å². The van der Waals surface area contributed by atoms with Gasteiger partial charge in [0.15, 0.2) is 0 Å². The first kappa shape index (κ1) is 12.1. The van der Waals surface area contributed by atoms with Crippen LogP contribution in [0.3, 0.4) is 0 Å². The predicted octanol–water partition coefficient (Wildman–Crippen LogP) is 3.78. The van der Waals surface area contributed by atoms with Crippen molar-refractivity contribution in [1.82, 2.24) is 0 Å². The fraction of sp³-hybridized carbons (Fsp3) is 0.286. The SMILES string of the molecule is CC(C)[C@@H](c1ccoc1)[S@@](=O)c1ccccc1. The summed E-state index contributed by atoms with van der Waals surface area (Å²) >= 11 is 0. The van der Waals surface area contributed by atoms with Crippen molar-refractivity contribution in [3.8, 4) is 0 Å². The molecule has 0 aliphatic heterocycles. The molecule has 2 nitrogen and oxygen atoms in total. The molecule has 0 N–H and O–H groups in total. The van der Waals surface area contributed by atoms with Gasteiger partial charge in [0.25, 0.3) is 0 Å². The lowest BCUT2D eigenvalue weighted by Crippen LogP contribution is -2.12. The highest BCUT2D eigenvalue weighted by Crippen LogP contribution is 2.32. The maximum Gasteiger partial charge on any atom is 0.0946 e. The molecule has 2 rings (SSSR count). The van der Waals surface area contributed by atoms with Crippen molar-refractivity contribution in [3.63, 3.8) is 0 Å². The van der Waals surface area contributed by atoms with Crippen LogP contribution in [0.1, 0.15) is 24.7 Å². The minimum absolute atomic E-state index is 0.0175. The highest BCUT2D eigenvalue weighted by atomic mass is 32.2. The van der Waals surface area contributed by atoms with E-state index in [0.717, 1.165) is 10.5 Å². The molecule has 90 valence electrons. The van der Waals surface area contributed by atoms with Crippen molar-refractivity contribution in [2.45, 2.75) is 24.0 Å². The van der Waals surface area contributed by atoms with Gasteiger partial charge in [0.1, 0.15) is 0 Å². The number of hydrogen-bond acceptors (Lipinski definition) is 2. The van der Waals surface area contributed by atoms with Crippen LogP contribution in [0.25, 0.3) is 0 Å². The van der Waals surface area contributed by atoms with Crippen LogP contribution in [0.15, 0.2) is 58.2 Å². The van der Waals surface area contributed by atoms with Crippen molar-refractivity contribution in [1.29, 1.82) is 0 Å². The second kappa shape index (κ2) is 5.32. The van der Waals surface area contributed by atoms with Crippen LogP contribution in [0.2, 0.25) is 0 Å². The van der Waals surface area contributed by atoms with E-state index in [4.69, 9.17) is 4.42 Å². The molecule has 0 bridgehead atoms. The summed E-state index contributed by atoms with van der Waals surface area (Å²) in [4.78, 5) is 0.868. The van der Waals surface area contributed by atoms with E-state index < -0.39 is 10.8 Å². The van der Waals surface area contributed by atoms with E-state index in [0.29, 0.717) is 5.92 Å². The largest absolute Gasteiger partial charge is 0.472 e. The molecular weight excluding hydrogens is 232 g/mol. The Morgan fingerprint density at radius 3 is 2.35 bits per heavy atom. The molecule has 0 spiro atoms. The molecule has 0 saturated heterocycles. The van der Waals surface area contributed by atoms with Gasteiger partial charge in [0.05, 0.1) is 28.6 Å². The normalized spacial score (nSPS) is 14.8. The Balaban J connectivity index is 2.33. The molecule has 0 unspecified atom stereocenters. The van der Waals surface area contributed by atoms with Gasteiger partial charge < -0.3 is 4.42 Å². The topological polar surface area (TPSA) is 30.2 Å². The van der Waals surface area contributed by atoms with Crippen LogP contribution in [0, 0.1) is 5.92 Å². The van der Waals surface area contributed by atoms with Gasteiger partial charge in [-0.15, -0.1) is 0 Å². The quantitative estimate of drug-likeness (QED) is 0.824. The summed E-state index contributed by atoms with van der Waals surface area (Å²) in [7, 11) is -1.04. The van der Waals surface area contributed by atoms with Crippen LogP contribution >= 0.6 is 0 Å². The van der Waals surface area contributed by atoms with Crippen molar-refractivity contribution < 1.29 is 8.63 Å². The summed E-state index contributed by atoms with van der Waals surface area (Å²) < 4.78 is 17.7. The number of benzene rings is 1. The van der Waals surface area contributed by atoms with Gasteiger partial charge in [0, 0.05) is 10.5 Å². The fourth-order valence-corrected chi connectivity index (χ4v) is 3.49. The third kappa shape index (κ3) is 2.67. The van der Waals surface area contributed by atoms with Crippen molar-refractivity contribution in [3.05, 3.63) is 54.5 Å². The Morgan fingerprint density at radius 1 is 1.12 bits per heavy atom.